The van der Waals surface area contributed by atoms with Gasteiger partial charge in [-0.3, -0.25) is 0 Å². The molecule has 0 saturated carbocycles. The van der Waals surface area contributed by atoms with Crippen molar-refractivity contribution in [2.24, 2.45) is 11.0 Å². The van der Waals surface area contributed by atoms with Crippen molar-refractivity contribution in [1.29, 1.82) is 0 Å². The van der Waals surface area contributed by atoms with Gasteiger partial charge >= 0.3 is 0 Å². The van der Waals surface area contributed by atoms with Crippen molar-refractivity contribution in [2.75, 3.05) is 0 Å². The zero-order valence-electron chi connectivity index (χ0n) is 7.60. The van der Waals surface area contributed by atoms with Crippen LogP contribution in [0.2, 0.25) is 0 Å². The van der Waals surface area contributed by atoms with Crippen molar-refractivity contribution in [3.8, 4) is 0 Å². The molecule has 0 heterocycles. The van der Waals surface area contributed by atoms with Crippen molar-refractivity contribution >= 4 is 5.71 Å². The van der Waals surface area contributed by atoms with E-state index in [1.165, 1.54) is 0 Å². The summed E-state index contributed by atoms with van der Waals surface area (Å²) < 4.78 is 0. The molecule has 10 heavy (non-hydrogen) atoms. The van der Waals surface area contributed by atoms with Crippen LogP contribution < -0.4 is 5.43 Å². The van der Waals surface area contributed by atoms with Crippen molar-refractivity contribution in [1.82, 2.24) is 5.43 Å². The molecule has 0 aromatic heterocycles. The number of hydrogen-bond acceptors (Lipinski definition) is 2. The predicted octanol–water partition coefficient (Wildman–Crippen LogP) is 2.02. The minimum atomic E-state index is 0.439. The van der Waals surface area contributed by atoms with Gasteiger partial charge in [-0.2, -0.15) is 5.10 Å². The largest absolute Gasteiger partial charge is 0.308 e. The van der Waals surface area contributed by atoms with E-state index in [0.717, 1.165) is 5.71 Å². The lowest BCUT2D eigenvalue weighted by Gasteiger charge is -2.07. The fourth-order valence-corrected chi connectivity index (χ4v) is 0.360. The third-order valence-corrected chi connectivity index (χ3v) is 1.33. The molecule has 0 spiro atoms. The van der Waals surface area contributed by atoms with Gasteiger partial charge in [0, 0.05) is 11.8 Å². The molecular formula is C8H18N2. The van der Waals surface area contributed by atoms with Crippen molar-refractivity contribution in [2.45, 2.75) is 40.7 Å². The molecule has 2 heteroatoms. The summed E-state index contributed by atoms with van der Waals surface area (Å²) in [6.45, 7) is 10.5. The van der Waals surface area contributed by atoms with Crippen molar-refractivity contribution in [3.63, 3.8) is 0 Å². The van der Waals surface area contributed by atoms with Gasteiger partial charge in [-0.15, -0.1) is 0 Å². The Morgan fingerprint density at radius 3 is 2.00 bits per heavy atom. The Kier molecular flexibility index (Phi) is 4.08. The number of rotatable bonds is 3. The lowest BCUT2D eigenvalue weighted by Crippen LogP contribution is -2.19. The third-order valence-electron chi connectivity index (χ3n) is 1.33. The van der Waals surface area contributed by atoms with E-state index in [1.807, 2.05) is 6.92 Å². The van der Waals surface area contributed by atoms with Crippen LogP contribution >= 0.6 is 0 Å². The van der Waals surface area contributed by atoms with E-state index in [1.54, 1.807) is 0 Å². The molecule has 0 unspecified atom stereocenters. The minimum Gasteiger partial charge on any atom is -0.308 e. The monoisotopic (exact) mass is 142 g/mol. The van der Waals surface area contributed by atoms with Gasteiger partial charge < -0.3 is 5.43 Å². The van der Waals surface area contributed by atoms with E-state index >= 15 is 0 Å². The second kappa shape index (κ2) is 4.31. The molecule has 0 saturated heterocycles. The highest BCUT2D eigenvalue weighted by Gasteiger charge is 1.96. The molecule has 0 aromatic rings. The van der Waals surface area contributed by atoms with Crippen LogP contribution in [0.3, 0.4) is 0 Å². The molecule has 0 atom stereocenters. The molecule has 0 rings (SSSR count). The first-order chi connectivity index (χ1) is 4.54. The molecular weight excluding hydrogens is 124 g/mol. The van der Waals surface area contributed by atoms with Crippen LogP contribution in [-0.2, 0) is 0 Å². The van der Waals surface area contributed by atoms with Crippen LogP contribution in [0.5, 0.6) is 0 Å². The summed E-state index contributed by atoms with van der Waals surface area (Å²) >= 11 is 0. The lowest BCUT2D eigenvalue weighted by molar-refractivity contribution is 0.614. The van der Waals surface area contributed by atoms with Crippen LogP contribution in [-0.4, -0.2) is 11.8 Å². The number of nitrogens with one attached hydrogen (secondary N) is 1. The van der Waals surface area contributed by atoms with E-state index < -0.39 is 0 Å². The Hall–Kier alpha value is -0.530. The highest BCUT2D eigenvalue weighted by Crippen LogP contribution is 1.94. The topological polar surface area (TPSA) is 24.4 Å². The van der Waals surface area contributed by atoms with Gasteiger partial charge in [-0.05, 0) is 26.7 Å². The van der Waals surface area contributed by atoms with Crippen molar-refractivity contribution < 1.29 is 0 Å². The average molecular weight is 142 g/mol. The zero-order chi connectivity index (χ0) is 8.15. The Morgan fingerprint density at radius 2 is 1.70 bits per heavy atom. The van der Waals surface area contributed by atoms with Crippen LogP contribution in [0.4, 0.5) is 0 Å². The smallest absolute Gasteiger partial charge is 0.0383 e. The number of hydrazone groups is 1. The molecule has 0 aliphatic heterocycles. The Labute approximate surface area is 63.7 Å². The third kappa shape index (κ3) is 4.36. The van der Waals surface area contributed by atoms with Gasteiger partial charge in [0.1, 0.15) is 0 Å². The molecule has 0 fully saturated rings. The van der Waals surface area contributed by atoms with E-state index in [9.17, 15) is 0 Å². The first kappa shape index (κ1) is 9.47. The van der Waals surface area contributed by atoms with E-state index in [2.05, 4.69) is 38.2 Å². The molecule has 0 amide bonds. The summed E-state index contributed by atoms with van der Waals surface area (Å²) in [5.41, 5.74) is 4.18. The van der Waals surface area contributed by atoms with Gasteiger partial charge in [-0.25, -0.2) is 0 Å². The van der Waals surface area contributed by atoms with E-state index in [4.69, 9.17) is 0 Å². The Balaban J connectivity index is 3.69. The maximum Gasteiger partial charge on any atom is 0.0383 e. The van der Waals surface area contributed by atoms with Crippen LogP contribution in [0.25, 0.3) is 0 Å². The van der Waals surface area contributed by atoms with Gasteiger partial charge in [-0.1, -0.05) is 13.8 Å². The first-order valence-corrected chi connectivity index (χ1v) is 3.83. The molecule has 2 nitrogen and oxygen atoms in total. The molecule has 1 N–H and O–H groups in total. The van der Waals surface area contributed by atoms with Crippen molar-refractivity contribution in [3.05, 3.63) is 0 Å². The zero-order valence-corrected chi connectivity index (χ0v) is 7.60. The molecule has 0 bridgehead atoms. The predicted molar refractivity (Wildman–Crippen MR) is 46.2 cm³/mol. The molecule has 0 aliphatic rings. The van der Waals surface area contributed by atoms with Gasteiger partial charge in [0.2, 0.25) is 0 Å². The SMILES string of the molecule is C/C(=N\NC(C)C)C(C)C. The highest BCUT2D eigenvalue weighted by atomic mass is 15.3. The fourth-order valence-electron chi connectivity index (χ4n) is 0.360. The summed E-state index contributed by atoms with van der Waals surface area (Å²) in [4.78, 5) is 0. The second-order valence-corrected chi connectivity index (χ2v) is 3.19. The quantitative estimate of drug-likeness (QED) is 0.473. The summed E-state index contributed by atoms with van der Waals surface area (Å²) in [7, 11) is 0. The number of nitrogens with zero attached hydrogens (tertiary/aromatic N) is 1. The number of hydrogen-bond donors (Lipinski definition) is 1. The standard InChI is InChI=1S/C8H18N2/c1-6(2)8(5)10-9-7(3)4/h6-7,9H,1-5H3/b10-8+. The first-order valence-electron chi connectivity index (χ1n) is 3.83. The summed E-state index contributed by atoms with van der Waals surface area (Å²) in [6.07, 6.45) is 0. The molecule has 60 valence electrons. The summed E-state index contributed by atoms with van der Waals surface area (Å²) in [5, 5.41) is 4.19. The Bertz CT molecular complexity index is 114. The molecule has 0 aliphatic carbocycles. The minimum absolute atomic E-state index is 0.439. The normalized spacial score (nSPS) is 12.9. The fraction of sp³-hybridized carbons (Fsp3) is 0.875. The Morgan fingerprint density at radius 1 is 1.20 bits per heavy atom. The maximum absolute atomic E-state index is 4.19. The second-order valence-electron chi connectivity index (χ2n) is 3.19. The summed E-state index contributed by atoms with van der Waals surface area (Å²) in [5.74, 6) is 0.547. The van der Waals surface area contributed by atoms with Gasteiger partial charge in [0.15, 0.2) is 0 Å². The van der Waals surface area contributed by atoms with Crippen LogP contribution in [0.15, 0.2) is 5.10 Å². The molecule has 0 aromatic carbocycles. The van der Waals surface area contributed by atoms with Gasteiger partial charge in [0.25, 0.3) is 0 Å². The van der Waals surface area contributed by atoms with Gasteiger partial charge in [0.05, 0.1) is 0 Å². The van der Waals surface area contributed by atoms with E-state index in [0.29, 0.717) is 12.0 Å². The summed E-state index contributed by atoms with van der Waals surface area (Å²) in [6, 6.07) is 0.439. The van der Waals surface area contributed by atoms with Crippen LogP contribution in [0, 0.1) is 5.92 Å². The maximum atomic E-state index is 4.19. The van der Waals surface area contributed by atoms with Crippen LogP contribution in [0.1, 0.15) is 34.6 Å². The highest BCUT2D eigenvalue weighted by molar-refractivity contribution is 5.83. The lowest BCUT2D eigenvalue weighted by atomic mass is 10.1. The molecule has 0 radical (unpaired) electrons. The van der Waals surface area contributed by atoms with E-state index in [-0.39, 0.29) is 0 Å². The average Bonchev–Trinajstić information content (AvgIpc) is 1.82.